The normalized spacial score (nSPS) is 42.0. The summed E-state index contributed by atoms with van der Waals surface area (Å²) in [6.07, 6.45) is 5.19. The number of amides is 1. The van der Waals surface area contributed by atoms with Crippen LogP contribution in [0.25, 0.3) is 0 Å². The van der Waals surface area contributed by atoms with Gasteiger partial charge in [0.2, 0.25) is 5.91 Å². The fourth-order valence-corrected chi connectivity index (χ4v) is 7.93. The van der Waals surface area contributed by atoms with Gasteiger partial charge in [-0.2, -0.15) is 0 Å². The van der Waals surface area contributed by atoms with E-state index in [0.29, 0.717) is 0 Å². The number of carbonyl (C=O) groups excluding carboxylic acids is 2. The van der Waals surface area contributed by atoms with E-state index in [4.69, 9.17) is 24.7 Å². The molecule has 1 amide bonds. The predicted octanol–water partition coefficient (Wildman–Crippen LogP) is -0.120. The number of ether oxygens (including phenoxy) is 4. The summed E-state index contributed by atoms with van der Waals surface area (Å²) < 4.78 is 23.2. The molecule has 3 heterocycles. The van der Waals surface area contributed by atoms with Gasteiger partial charge in [0.15, 0.2) is 12.1 Å². The zero-order chi connectivity index (χ0) is 50.6. The third kappa shape index (κ3) is 21.7. The molecule has 17 atom stereocenters. The molecule has 0 aromatic heterocycles. The molecule has 0 radical (unpaired) electrons. The number of aliphatic hydroxyl groups is 11. The van der Waals surface area contributed by atoms with Crippen LogP contribution in [-0.4, -0.2) is 178 Å². The van der Waals surface area contributed by atoms with Crippen LogP contribution in [0.1, 0.15) is 85.5 Å². The van der Waals surface area contributed by atoms with Gasteiger partial charge in [-0.3, -0.25) is 9.59 Å². The Morgan fingerprint density at radius 3 is 1.93 bits per heavy atom. The monoisotopic (exact) mass is 967 g/mol. The van der Waals surface area contributed by atoms with E-state index in [1.54, 1.807) is 73.8 Å². The molecule has 2 bridgehead atoms. The van der Waals surface area contributed by atoms with E-state index >= 15 is 0 Å². The number of allylic oxidation sites excluding steroid dienone is 12. The van der Waals surface area contributed by atoms with E-state index in [1.165, 1.54) is 13.8 Å². The number of hydrogen-bond donors (Lipinski definition) is 13. The van der Waals surface area contributed by atoms with Crippen LogP contribution in [0.4, 0.5) is 0 Å². The number of hydrogen-bond acceptors (Lipinski definition) is 18. The van der Waals surface area contributed by atoms with Gasteiger partial charge in [0.05, 0.1) is 91.6 Å². The number of carbonyl (C=O) groups is 2. The number of rotatable bonds is 5. The van der Waals surface area contributed by atoms with Crippen molar-refractivity contribution in [3.8, 4) is 0 Å². The first kappa shape index (κ1) is 58.8. The second-order valence-corrected chi connectivity index (χ2v) is 18.9. The number of fused-ring (bicyclic) bond motifs is 2. The van der Waals surface area contributed by atoms with Crippen LogP contribution in [0.5, 0.6) is 0 Å². The smallest absolute Gasteiger partial charge is 0.308 e. The summed E-state index contributed by atoms with van der Waals surface area (Å²) >= 11 is 0. The summed E-state index contributed by atoms with van der Waals surface area (Å²) in [5.41, 5.74) is 4.66. The maximum Gasteiger partial charge on any atom is 0.308 e. The highest BCUT2D eigenvalue weighted by Gasteiger charge is 2.50. The maximum atomic E-state index is 13.7. The second-order valence-electron chi connectivity index (χ2n) is 18.9. The van der Waals surface area contributed by atoms with Gasteiger partial charge < -0.3 is 86.2 Å². The summed E-state index contributed by atoms with van der Waals surface area (Å²) in [5.74, 6) is -5.38. The number of nitrogens with two attached hydrogens (primary N) is 1. The highest BCUT2D eigenvalue weighted by Crippen LogP contribution is 2.38. The van der Waals surface area contributed by atoms with Crippen LogP contribution in [-0.2, 0) is 28.5 Å². The van der Waals surface area contributed by atoms with Gasteiger partial charge in [-0.25, -0.2) is 0 Å². The molecule has 3 rings (SSSR count). The van der Waals surface area contributed by atoms with Crippen LogP contribution in [0.15, 0.2) is 85.1 Å². The molecule has 2 saturated heterocycles. The molecule has 2 fully saturated rings. The largest absolute Gasteiger partial charge is 0.462 e. The average molecular weight is 967 g/mol. The van der Waals surface area contributed by atoms with Crippen LogP contribution >= 0.6 is 0 Å². The minimum Gasteiger partial charge on any atom is -0.462 e. The van der Waals surface area contributed by atoms with Crippen molar-refractivity contribution in [2.75, 3.05) is 13.2 Å². The summed E-state index contributed by atoms with van der Waals surface area (Å²) in [6, 6.07) is -1.13. The standard InChI is InChI=1S/C49H78N2O17/c1-30-17-15-13-11-9-7-5-6-8-10-12-14-16-18-35(67-47-45(61)44(50)40(59)28-65-47)25-41-43(46(62)51-29-48(3,4)63)39(58)27-49(64,68-41)26-34(54)23-38(57)36(55)20-19-32(52)22-33(53)24-42(60)66-31(2)21-37(30)56/h5-18,30-41,43-45,47,52-59,61,63-64H,19-29,50H2,1-4H3,(H,51,62)/b6-5+,9-7+,10-8+,13-11+,14-12+,17-15+,18-16+/t30-,31-,32+,33?,34?,35?,36?,37-,38?,39-,40+,41-,43+,44-,45-,47-,49?/m0/s1. The Kier molecular flexibility index (Phi) is 25.1. The molecule has 0 spiro atoms. The lowest BCUT2D eigenvalue weighted by Gasteiger charge is -2.45. The Hall–Kier alpha value is -3.48. The van der Waals surface area contributed by atoms with E-state index in [9.17, 15) is 65.8 Å². The first-order valence-corrected chi connectivity index (χ1v) is 23.4. The fraction of sp³-hybridized carbons (Fsp3) is 0.673. The van der Waals surface area contributed by atoms with Crippen molar-refractivity contribution in [3.05, 3.63) is 85.1 Å². The van der Waals surface area contributed by atoms with Gasteiger partial charge in [0, 0.05) is 44.6 Å². The van der Waals surface area contributed by atoms with E-state index in [0.717, 1.165) is 0 Å². The Labute approximate surface area is 399 Å². The number of esters is 1. The summed E-state index contributed by atoms with van der Waals surface area (Å²) in [6.45, 7) is 5.92. The molecule has 3 aliphatic rings. The molecule has 19 nitrogen and oxygen atoms in total. The van der Waals surface area contributed by atoms with Gasteiger partial charge in [0.1, 0.15) is 12.2 Å². The zero-order valence-corrected chi connectivity index (χ0v) is 39.5. The Morgan fingerprint density at radius 1 is 0.735 bits per heavy atom. The third-order valence-corrected chi connectivity index (χ3v) is 11.8. The lowest BCUT2D eigenvalue weighted by atomic mass is 9.82. The molecule has 0 aromatic carbocycles. The molecule has 0 aliphatic carbocycles. The number of aliphatic hydroxyl groups excluding tert-OH is 9. The van der Waals surface area contributed by atoms with Crippen molar-refractivity contribution in [2.24, 2.45) is 17.6 Å². The average Bonchev–Trinajstić information content (AvgIpc) is 3.23. The molecular formula is C49H78N2O17. The van der Waals surface area contributed by atoms with Crippen LogP contribution in [0.2, 0.25) is 0 Å². The van der Waals surface area contributed by atoms with Crippen molar-refractivity contribution in [1.29, 1.82) is 0 Å². The van der Waals surface area contributed by atoms with Gasteiger partial charge in [0.25, 0.3) is 0 Å². The van der Waals surface area contributed by atoms with E-state index in [-0.39, 0.29) is 51.2 Å². The first-order valence-electron chi connectivity index (χ1n) is 23.4. The highest BCUT2D eigenvalue weighted by molar-refractivity contribution is 5.80. The predicted molar refractivity (Wildman–Crippen MR) is 250 cm³/mol. The van der Waals surface area contributed by atoms with Gasteiger partial charge in [-0.15, -0.1) is 0 Å². The molecule has 19 heteroatoms. The van der Waals surface area contributed by atoms with Crippen molar-refractivity contribution in [2.45, 2.75) is 182 Å². The first-order chi connectivity index (χ1) is 32.0. The van der Waals surface area contributed by atoms with Crippen molar-refractivity contribution in [3.63, 3.8) is 0 Å². The fourth-order valence-electron chi connectivity index (χ4n) is 7.93. The van der Waals surface area contributed by atoms with Gasteiger partial charge in [-0.05, 0) is 40.0 Å². The van der Waals surface area contributed by atoms with Crippen LogP contribution in [0, 0.1) is 11.8 Å². The van der Waals surface area contributed by atoms with Crippen LogP contribution in [0.3, 0.4) is 0 Å². The number of cyclic esters (lactones) is 1. The van der Waals surface area contributed by atoms with Gasteiger partial charge in [-0.1, -0.05) is 92.0 Å². The molecule has 0 saturated carbocycles. The zero-order valence-electron chi connectivity index (χ0n) is 39.5. The summed E-state index contributed by atoms with van der Waals surface area (Å²) in [7, 11) is 0. The third-order valence-electron chi connectivity index (χ3n) is 11.8. The molecule has 3 aliphatic heterocycles. The lowest BCUT2D eigenvalue weighted by Crippen LogP contribution is -2.60. The van der Waals surface area contributed by atoms with Gasteiger partial charge >= 0.3 is 5.97 Å². The Bertz CT molecular complexity index is 1730. The molecule has 386 valence electrons. The SMILES string of the molecule is C[C@H]1C[C@H](O)[C@@H](C)/C=C/C=C/C=C/C=C/C=C/C=C/C=C/C(O[C@@H]2OC[C@@H](O)[C@H](N)[C@@H]2O)C[C@@H]2OC(O)(CC(O)CC(O)C(O)CC[C@@H](O)CC(O)CC(=O)O1)C[C@H](O)[C@H]2C(=O)NCC(C)(C)O. The minimum atomic E-state index is -2.30. The highest BCUT2D eigenvalue weighted by atomic mass is 16.7. The Morgan fingerprint density at radius 2 is 1.32 bits per heavy atom. The minimum absolute atomic E-state index is 0.103. The quantitative estimate of drug-likeness (QED) is 0.160. The number of nitrogens with one attached hydrogen (secondary N) is 1. The van der Waals surface area contributed by atoms with Crippen molar-refractivity contribution < 1.29 is 84.7 Å². The Balaban J connectivity index is 1.91. The van der Waals surface area contributed by atoms with E-state index in [2.05, 4.69) is 5.32 Å². The molecule has 0 aromatic rings. The molecular weight excluding hydrogens is 889 g/mol. The van der Waals surface area contributed by atoms with E-state index < -0.39 is 140 Å². The maximum absolute atomic E-state index is 13.7. The summed E-state index contributed by atoms with van der Waals surface area (Å²) in [4.78, 5) is 26.2. The van der Waals surface area contributed by atoms with E-state index in [1.807, 2.05) is 25.2 Å². The topological polar surface area (TPSA) is 332 Å². The molecule has 68 heavy (non-hydrogen) atoms. The molecule has 14 N–H and O–H groups in total. The lowest BCUT2D eigenvalue weighted by molar-refractivity contribution is -0.304. The van der Waals surface area contributed by atoms with Crippen molar-refractivity contribution in [1.82, 2.24) is 5.32 Å². The van der Waals surface area contributed by atoms with Crippen LogP contribution < -0.4 is 11.1 Å². The second kappa shape index (κ2) is 29.0. The summed E-state index contributed by atoms with van der Waals surface area (Å²) in [5, 5.41) is 122. The molecule has 6 unspecified atom stereocenters. The van der Waals surface area contributed by atoms with Crippen molar-refractivity contribution >= 4 is 11.9 Å².